The predicted molar refractivity (Wildman–Crippen MR) is 144 cm³/mol. The van der Waals surface area contributed by atoms with Crippen molar-refractivity contribution in [3.63, 3.8) is 0 Å². The minimum absolute atomic E-state index is 0.119. The number of benzene rings is 1. The smallest absolute Gasteiger partial charge is 0.407 e. The number of thiophene rings is 1. The molecule has 37 heavy (non-hydrogen) atoms. The molecule has 0 bridgehead atoms. The molecule has 0 saturated heterocycles. The Bertz CT molecular complexity index is 1290. The van der Waals surface area contributed by atoms with E-state index in [1.54, 1.807) is 11.3 Å². The molecule has 1 atom stereocenters. The molecule has 1 unspecified atom stereocenters. The average molecular weight is 538 g/mol. The first-order chi connectivity index (χ1) is 18.0. The van der Waals surface area contributed by atoms with Crippen LogP contribution in [0.3, 0.4) is 0 Å². The summed E-state index contributed by atoms with van der Waals surface area (Å²) in [4.78, 5) is 31.3. The third-order valence-corrected chi connectivity index (χ3v) is 8.58. The van der Waals surface area contributed by atoms with Gasteiger partial charge in [0.1, 0.15) is 22.6 Å². The number of fused-ring (bicyclic) bond motifs is 1. The van der Waals surface area contributed by atoms with Gasteiger partial charge in [-0.2, -0.15) is 5.26 Å². The van der Waals surface area contributed by atoms with Crippen molar-refractivity contribution in [1.29, 1.82) is 5.26 Å². The van der Waals surface area contributed by atoms with Gasteiger partial charge in [0.05, 0.1) is 25.3 Å². The first-order valence-corrected chi connectivity index (χ1v) is 14.2. The number of alkyl carbamates (subject to hydrolysis) is 1. The van der Waals surface area contributed by atoms with E-state index >= 15 is 0 Å². The van der Waals surface area contributed by atoms with Crippen molar-refractivity contribution in [2.45, 2.75) is 58.9 Å². The number of nitriles is 1. The van der Waals surface area contributed by atoms with Gasteiger partial charge in [0.15, 0.2) is 0 Å². The van der Waals surface area contributed by atoms with Crippen LogP contribution in [0, 0.1) is 24.2 Å². The summed E-state index contributed by atoms with van der Waals surface area (Å²) in [5.41, 5.74) is 3.70. The number of nitrogens with zero attached hydrogens (tertiary/aromatic N) is 2. The molecule has 1 N–H and O–H groups in total. The Kier molecular flexibility index (Phi) is 9.31. The summed E-state index contributed by atoms with van der Waals surface area (Å²) in [5.74, 6) is 1.14. The van der Waals surface area contributed by atoms with Gasteiger partial charge in [0.25, 0.3) is 0 Å². The third kappa shape index (κ3) is 7.18. The van der Waals surface area contributed by atoms with Gasteiger partial charge in [-0.25, -0.2) is 9.78 Å². The van der Waals surface area contributed by atoms with Crippen LogP contribution in [0.2, 0.25) is 0 Å². The molecule has 3 aromatic rings. The van der Waals surface area contributed by atoms with E-state index in [2.05, 4.69) is 16.4 Å². The van der Waals surface area contributed by atoms with Gasteiger partial charge < -0.3 is 14.8 Å². The number of hydrogen-bond donors (Lipinski definition) is 1. The number of rotatable bonds is 11. The lowest BCUT2D eigenvalue weighted by Crippen LogP contribution is -2.27. The highest BCUT2D eigenvalue weighted by Gasteiger charge is 2.27. The van der Waals surface area contributed by atoms with E-state index < -0.39 is 6.09 Å². The van der Waals surface area contributed by atoms with E-state index in [1.165, 1.54) is 11.3 Å². The van der Waals surface area contributed by atoms with E-state index in [-0.39, 0.29) is 18.1 Å². The topological polar surface area (TPSA) is 101 Å². The second kappa shape index (κ2) is 12.8. The zero-order valence-corrected chi connectivity index (χ0v) is 22.8. The molecule has 194 valence electrons. The van der Waals surface area contributed by atoms with Crippen molar-refractivity contribution in [3.8, 4) is 11.8 Å². The number of ether oxygens (including phenoxy) is 2. The molecule has 2 aromatic heterocycles. The molecule has 0 saturated carbocycles. The molecular formula is C28H31N3O4S2. The first-order valence-electron chi connectivity index (χ1n) is 12.5. The average Bonchev–Trinajstić information content (AvgIpc) is 3.47. The van der Waals surface area contributed by atoms with Crippen LogP contribution in [0.15, 0.2) is 29.6 Å². The van der Waals surface area contributed by atoms with Gasteiger partial charge in [-0.15, -0.1) is 22.7 Å². The Labute approximate surface area is 225 Å². The van der Waals surface area contributed by atoms with Crippen LogP contribution in [0.4, 0.5) is 4.79 Å². The highest BCUT2D eigenvalue weighted by Crippen LogP contribution is 2.37. The largest absolute Gasteiger partial charge is 0.494 e. The number of nitrogens with one attached hydrogen (secondary N) is 1. The standard InChI is InChI=1S/C28H31N3O4S2/c1-3-34-24-7-5-4-6-20(24)9-10-21(32)13-26-23(14-29)22-11-8-19(12-25(22)37-26)16-35-28(33)30-15-27-31-18(2)17-36-27/h4-7,17,19H,3,8-13,15-16H2,1-2H3,(H,30,33). The Hall–Kier alpha value is -3.22. The minimum Gasteiger partial charge on any atom is -0.494 e. The zero-order valence-electron chi connectivity index (χ0n) is 21.2. The van der Waals surface area contributed by atoms with Gasteiger partial charge in [0, 0.05) is 33.7 Å². The number of amides is 1. The predicted octanol–water partition coefficient (Wildman–Crippen LogP) is 5.56. The van der Waals surface area contributed by atoms with Crippen LogP contribution < -0.4 is 10.1 Å². The van der Waals surface area contributed by atoms with Crippen molar-refractivity contribution >= 4 is 34.6 Å². The van der Waals surface area contributed by atoms with E-state index in [9.17, 15) is 14.9 Å². The highest BCUT2D eigenvalue weighted by molar-refractivity contribution is 7.12. The molecule has 1 aromatic carbocycles. The van der Waals surface area contributed by atoms with E-state index in [4.69, 9.17) is 9.47 Å². The molecule has 1 amide bonds. The van der Waals surface area contributed by atoms with Gasteiger partial charge in [-0.1, -0.05) is 18.2 Å². The molecule has 7 nitrogen and oxygen atoms in total. The summed E-state index contributed by atoms with van der Waals surface area (Å²) in [6.07, 6.45) is 3.22. The van der Waals surface area contributed by atoms with E-state index in [0.29, 0.717) is 38.2 Å². The normalized spacial score (nSPS) is 14.5. The van der Waals surface area contributed by atoms with E-state index in [0.717, 1.165) is 56.6 Å². The van der Waals surface area contributed by atoms with Crippen molar-refractivity contribution < 1.29 is 19.1 Å². The first kappa shape index (κ1) is 26.8. The zero-order chi connectivity index (χ0) is 26.2. The number of carbonyl (C=O) groups is 2. The van der Waals surface area contributed by atoms with Gasteiger partial charge in [-0.3, -0.25) is 4.79 Å². The number of aromatic nitrogens is 1. The number of ketones is 1. The monoisotopic (exact) mass is 537 g/mol. The Morgan fingerprint density at radius 1 is 1.30 bits per heavy atom. The lowest BCUT2D eigenvalue weighted by molar-refractivity contribution is -0.118. The van der Waals surface area contributed by atoms with Gasteiger partial charge in [-0.05, 0) is 62.6 Å². The molecule has 0 spiro atoms. The van der Waals surface area contributed by atoms with E-state index in [1.807, 2.05) is 43.5 Å². The second-order valence-corrected chi connectivity index (χ2v) is 11.2. The summed E-state index contributed by atoms with van der Waals surface area (Å²) in [6.45, 7) is 5.13. The van der Waals surface area contributed by atoms with Crippen molar-refractivity contribution in [2.24, 2.45) is 5.92 Å². The summed E-state index contributed by atoms with van der Waals surface area (Å²) >= 11 is 3.07. The van der Waals surface area contributed by atoms with Crippen molar-refractivity contribution in [2.75, 3.05) is 13.2 Å². The fraction of sp³-hybridized carbons (Fsp3) is 0.429. The lowest BCUT2D eigenvalue weighted by atomic mass is 9.87. The van der Waals surface area contributed by atoms with Crippen molar-refractivity contribution in [1.82, 2.24) is 10.3 Å². The quantitative estimate of drug-likeness (QED) is 0.344. The number of carbonyl (C=O) groups excluding carboxylic acids is 2. The molecule has 4 rings (SSSR count). The minimum atomic E-state index is -0.445. The molecule has 1 aliphatic carbocycles. The van der Waals surface area contributed by atoms with Crippen LogP contribution in [0.1, 0.15) is 56.9 Å². The number of thiazole rings is 1. The molecule has 0 aliphatic heterocycles. The Morgan fingerprint density at radius 3 is 2.89 bits per heavy atom. The summed E-state index contributed by atoms with van der Waals surface area (Å²) in [6, 6.07) is 10.1. The Balaban J connectivity index is 1.29. The molecule has 0 radical (unpaired) electrons. The van der Waals surface area contributed by atoms with Crippen molar-refractivity contribution in [3.05, 3.63) is 66.8 Å². The maximum atomic E-state index is 12.8. The molecule has 0 fully saturated rings. The van der Waals surface area contributed by atoms with Crippen LogP contribution in [0.25, 0.3) is 0 Å². The second-order valence-electron chi connectivity index (χ2n) is 9.11. The third-order valence-electron chi connectivity index (χ3n) is 6.36. The SMILES string of the molecule is CCOc1ccccc1CCC(=O)Cc1sc2c(c1C#N)CCC(COC(=O)NCc1nc(C)cs1)C2. The number of para-hydroxylation sites is 1. The highest BCUT2D eigenvalue weighted by atomic mass is 32.1. The number of Topliss-reactive ketones (excluding diaryl/α,β-unsaturated/α-hetero) is 1. The molecular weight excluding hydrogens is 506 g/mol. The summed E-state index contributed by atoms with van der Waals surface area (Å²) < 4.78 is 11.1. The fourth-order valence-corrected chi connectivity index (χ4v) is 6.69. The van der Waals surface area contributed by atoms with Crippen LogP contribution in [-0.2, 0) is 41.8 Å². The lowest BCUT2D eigenvalue weighted by Gasteiger charge is -2.22. The van der Waals surface area contributed by atoms with Gasteiger partial charge in [0.2, 0.25) is 0 Å². The van der Waals surface area contributed by atoms with Crippen LogP contribution >= 0.6 is 22.7 Å². The number of hydrogen-bond acceptors (Lipinski definition) is 8. The summed E-state index contributed by atoms with van der Waals surface area (Å²) in [7, 11) is 0. The Morgan fingerprint density at radius 2 is 2.14 bits per heavy atom. The maximum Gasteiger partial charge on any atom is 0.407 e. The molecule has 1 aliphatic rings. The van der Waals surface area contributed by atoms with Crippen LogP contribution in [0.5, 0.6) is 5.75 Å². The molecule has 9 heteroatoms. The fourth-order valence-electron chi connectivity index (χ4n) is 4.53. The maximum absolute atomic E-state index is 12.8. The molecule has 2 heterocycles. The number of aryl methyl sites for hydroxylation is 2. The summed E-state index contributed by atoms with van der Waals surface area (Å²) in [5, 5.41) is 15.4. The van der Waals surface area contributed by atoms with Crippen LogP contribution in [-0.4, -0.2) is 30.1 Å². The van der Waals surface area contributed by atoms with Gasteiger partial charge >= 0.3 is 6.09 Å².